The Morgan fingerprint density at radius 1 is 1.17 bits per heavy atom. The van der Waals surface area contributed by atoms with Gasteiger partial charge in [0.05, 0.1) is 18.0 Å². The second kappa shape index (κ2) is 11.4. The lowest BCUT2D eigenvalue weighted by Gasteiger charge is -2.34. The Bertz CT molecular complexity index is 1630. The molecule has 0 amide bonds. The van der Waals surface area contributed by atoms with Gasteiger partial charge in [0, 0.05) is 38.7 Å². The van der Waals surface area contributed by atoms with E-state index in [1.807, 2.05) is 33.9 Å². The third kappa shape index (κ3) is 5.45. The quantitative estimate of drug-likeness (QED) is 0.293. The van der Waals surface area contributed by atoms with E-state index in [-0.39, 0.29) is 23.9 Å². The zero-order valence-electron chi connectivity index (χ0n) is 25.8. The number of rotatable bonds is 7. The van der Waals surface area contributed by atoms with Gasteiger partial charge in [0.25, 0.3) is 0 Å². The van der Waals surface area contributed by atoms with Gasteiger partial charge in [-0.05, 0) is 73.6 Å². The molecule has 0 aliphatic carbocycles. The number of ether oxygens (including phenoxy) is 2. The number of fused-ring (bicyclic) bond motifs is 2. The van der Waals surface area contributed by atoms with Crippen molar-refractivity contribution < 1.29 is 19.4 Å². The van der Waals surface area contributed by atoms with Gasteiger partial charge < -0.3 is 14.6 Å². The number of aromatic hydroxyl groups is 1. The lowest BCUT2D eigenvalue weighted by Crippen LogP contribution is -2.36. The van der Waals surface area contributed by atoms with Crippen LogP contribution >= 0.6 is 0 Å². The molecule has 5 rings (SSSR count). The Labute approximate surface area is 247 Å². The van der Waals surface area contributed by atoms with Crippen LogP contribution in [0.2, 0.25) is 0 Å². The maximum atomic E-state index is 13.2. The molecule has 1 N–H and O–H groups in total. The number of methoxy groups -OCH3 is 1. The fraction of sp³-hybridized carbons (Fsp3) is 0.455. The number of pyridine rings is 1. The molecule has 42 heavy (non-hydrogen) atoms. The Balaban J connectivity index is 1.58. The van der Waals surface area contributed by atoms with Gasteiger partial charge in [-0.25, -0.2) is 9.67 Å². The number of carbonyl (C=O) groups excluding carboxylic acids is 1. The van der Waals surface area contributed by atoms with Crippen LogP contribution in [0.25, 0.3) is 11.0 Å². The summed E-state index contributed by atoms with van der Waals surface area (Å²) in [6.07, 6.45) is -0.0200. The van der Waals surface area contributed by atoms with Crippen LogP contribution in [0.5, 0.6) is 11.6 Å². The van der Waals surface area contributed by atoms with Gasteiger partial charge in [-0.1, -0.05) is 43.3 Å². The maximum Gasteiger partial charge on any atom is 0.312 e. The summed E-state index contributed by atoms with van der Waals surface area (Å²) in [6, 6.07) is 14.0. The average molecular weight is 572 g/mol. The smallest absolute Gasteiger partial charge is 0.312 e. The summed E-state index contributed by atoms with van der Waals surface area (Å²) in [4.78, 5) is 20.0. The van der Waals surface area contributed by atoms with E-state index in [1.165, 1.54) is 7.11 Å². The summed E-state index contributed by atoms with van der Waals surface area (Å²) >= 11 is 0. The number of hydrogen-bond acceptors (Lipinski definition) is 8. The fourth-order valence-electron chi connectivity index (χ4n) is 6.11. The molecule has 2 aromatic carbocycles. The summed E-state index contributed by atoms with van der Waals surface area (Å²) in [6.45, 7) is 14.3. The first kappa shape index (κ1) is 29.5. The van der Waals surface area contributed by atoms with Crippen LogP contribution < -0.4 is 4.74 Å². The summed E-state index contributed by atoms with van der Waals surface area (Å²) in [7, 11) is 3.32. The summed E-state index contributed by atoms with van der Waals surface area (Å²) < 4.78 is 13.4. The van der Waals surface area contributed by atoms with Gasteiger partial charge in [0.2, 0.25) is 5.88 Å². The number of carbonyl (C=O) groups is 1. The standard InChI is InChI=1S/C33H41N5O4/c1-19(2)28-18-38(17-25-27(42-28)13-14-29(39)34-25)16-23-15-22(10-9-20(23)3)30(33(5,6)32(40)41-8)24-11-12-26-31(21(24)4)35-36-37(26)7/h9-15,19,28,30H,16-18H2,1-8H3,(H,34,39)/t28-,30-/m0/s1. The molecule has 9 heteroatoms. The largest absolute Gasteiger partial charge is 0.493 e. The van der Waals surface area contributed by atoms with Crippen molar-refractivity contribution in [1.82, 2.24) is 24.9 Å². The zero-order valence-corrected chi connectivity index (χ0v) is 25.8. The number of esters is 1. The van der Waals surface area contributed by atoms with E-state index >= 15 is 0 Å². The molecule has 0 spiro atoms. The molecule has 0 bridgehead atoms. The Morgan fingerprint density at radius 3 is 2.64 bits per heavy atom. The van der Waals surface area contributed by atoms with Crippen LogP contribution in [0.15, 0.2) is 42.5 Å². The van der Waals surface area contributed by atoms with E-state index in [2.05, 4.69) is 65.2 Å². The molecule has 0 unspecified atom stereocenters. The van der Waals surface area contributed by atoms with Crippen molar-refractivity contribution >= 4 is 17.0 Å². The molecular weight excluding hydrogens is 530 g/mol. The van der Waals surface area contributed by atoms with Gasteiger partial charge in [0.1, 0.15) is 23.1 Å². The number of hydrogen-bond donors (Lipinski definition) is 1. The number of nitrogens with zero attached hydrogens (tertiary/aromatic N) is 5. The molecule has 9 nitrogen and oxygen atoms in total. The van der Waals surface area contributed by atoms with Crippen LogP contribution in [0.1, 0.15) is 67.1 Å². The SMILES string of the molecule is COC(=O)C(C)(C)[C@@H](c1ccc(C)c(CN2Cc3nc(O)ccc3O[C@H](C(C)C)C2)c1)c1ccc2c(nnn2C)c1C. The molecule has 0 fully saturated rings. The van der Waals surface area contributed by atoms with E-state index in [0.29, 0.717) is 24.8 Å². The lowest BCUT2D eigenvalue weighted by molar-refractivity contribution is -0.151. The van der Waals surface area contributed by atoms with Crippen molar-refractivity contribution in [3.05, 3.63) is 76.0 Å². The highest BCUT2D eigenvalue weighted by Gasteiger charge is 2.41. The molecule has 0 radical (unpaired) electrons. The van der Waals surface area contributed by atoms with Crippen LogP contribution in [0.3, 0.4) is 0 Å². The predicted molar refractivity (Wildman–Crippen MR) is 161 cm³/mol. The van der Waals surface area contributed by atoms with Crippen molar-refractivity contribution in [3.8, 4) is 11.6 Å². The van der Waals surface area contributed by atoms with Crippen LogP contribution in [0.4, 0.5) is 0 Å². The van der Waals surface area contributed by atoms with E-state index < -0.39 is 5.41 Å². The van der Waals surface area contributed by atoms with Gasteiger partial charge in [-0.2, -0.15) is 0 Å². The molecule has 4 aromatic rings. The molecule has 222 valence electrons. The molecular formula is C33H41N5O4. The van der Waals surface area contributed by atoms with Crippen LogP contribution in [-0.2, 0) is 29.7 Å². The van der Waals surface area contributed by atoms with E-state index in [9.17, 15) is 9.90 Å². The molecule has 2 atom stereocenters. The number of aromatic nitrogens is 4. The minimum atomic E-state index is -0.860. The average Bonchev–Trinajstić information content (AvgIpc) is 3.22. The second-order valence-electron chi connectivity index (χ2n) is 12.4. The molecule has 3 heterocycles. The maximum absolute atomic E-state index is 13.2. The summed E-state index contributed by atoms with van der Waals surface area (Å²) in [5.41, 5.74) is 6.99. The Morgan fingerprint density at radius 2 is 1.93 bits per heavy atom. The predicted octanol–water partition coefficient (Wildman–Crippen LogP) is 5.44. The highest BCUT2D eigenvalue weighted by atomic mass is 16.5. The third-order valence-electron chi connectivity index (χ3n) is 8.67. The molecule has 2 aromatic heterocycles. The fourth-order valence-corrected chi connectivity index (χ4v) is 6.11. The molecule has 0 saturated heterocycles. The van der Waals surface area contributed by atoms with E-state index in [1.54, 1.807) is 16.8 Å². The summed E-state index contributed by atoms with van der Waals surface area (Å²) in [5.74, 6) is 0.436. The van der Waals surface area contributed by atoms with Gasteiger partial charge >= 0.3 is 5.97 Å². The molecule has 1 aliphatic rings. The van der Waals surface area contributed by atoms with Crippen molar-refractivity contribution in [1.29, 1.82) is 0 Å². The lowest BCUT2D eigenvalue weighted by atomic mass is 9.69. The van der Waals surface area contributed by atoms with Gasteiger partial charge in [0.15, 0.2) is 0 Å². The summed E-state index contributed by atoms with van der Waals surface area (Å²) in [5, 5.41) is 18.7. The first-order valence-corrected chi connectivity index (χ1v) is 14.4. The van der Waals surface area contributed by atoms with E-state index in [0.717, 1.165) is 51.1 Å². The van der Waals surface area contributed by atoms with Gasteiger partial charge in [-0.15, -0.1) is 5.10 Å². The Kier molecular flexibility index (Phi) is 7.98. The normalized spacial score (nSPS) is 16.6. The number of aryl methyl sites for hydroxylation is 3. The molecule has 1 aliphatic heterocycles. The van der Waals surface area contributed by atoms with Crippen molar-refractivity contribution in [2.75, 3.05) is 13.7 Å². The van der Waals surface area contributed by atoms with Gasteiger partial charge in [-0.3, -0.25) is 9.69 Å². The van der Waals surface area contributed by atoms with Crippen molar-refractivity contribution in [2.45, 2.75) is 66.7 Å². The third-order valence-corrected chi connectivity index (χ3v) is 8.67. The first-order chi connectivity index (χ1) is 19.9. The monoisotopic (exact) mass is 571 g/mol. The van der Waals surface area contributed by atoms with Crippen molar-refractivity contribution in [2.24, 2.45) is 18.4 Å². The topological polar surface area (TPSA) is 103 Å². The van der Waals surface area contributed by atoms with Crippen LogP contribution in [0, 0.1) is 25.2 Å². The molecule has 0 saturated carbocycles. The number of benzene rings is 2. The van der Waals surface area contributed by atoms with Crippen molar-refractivity contribution in [3.63, 3.8) is 0 Å². The highest BCUT2D eigenvalue weighted by Crippen LogP contribution is 2.44. The van der Waals surface area contributed by atoms with E-state index in [4.69, 9.17) is 9.47 Å². The first-order valence-electron chi connectivity index (χ1n) is 14.4. The highest BCUT2D eigenvalue weighted by molar-refractivity contribution is 5.82. The minimum absolute atomic E-state index is 0.0122. The minimum Gasteiger partial charge on any atom is -0.493 e. The van der Waals surface area contributed by atoms with Crippen LogP contribution in [-0.4, -0.2) is 55.7 Å². The Hall–Kier alpha value is -3.98. The zero-order chi connectivity index (χ0) is 30.3. The second-order valence-corrected chi connectivity index (χ2v) is 12.4.